The quantitative estimate of drug-likeness (QED) is 0.126. The number of hydrogen-bond donors (Lipinski definition) is 0. The lowest BCUT2D eigenvalue weighted by Crippen LogP contribution is -2.10. The highest BCUT2D eigenvalue weighted by atomic mass is 15.1. The molecular weight excluding hydrogens is 629 g/mol. The second-order valence-corrected chi connectivity index (χ2v) is 12.7. The molecule has 0 N–H and O–H groups in total. The first-order valence-electron chi connectivity index (χ1n) is 17.7. The van der Waals surface area contributed by atoms with Crippen LogP contribution < -0.4 is 9.80 Å². The fraction of sp³-hybridized carbons (Fsp3) is 0.0400. The molecule has 2 heteroatoms. The summed E-state index contributed by atoms with van der Waals surface area (Å²) in [5, 5.41) is 0. The summed E-state index contributed by atoms with van der Waals surface area (Å²) >= 11 is 0. The normalized spacial score (nSPS) is 11.4. The lowest BCUT2D eigenvalue weighted by Gasteiger charge is -2.26. The van der Waals surface area contributed by atoms with Gasteiger partial charge in [-0.25, -0.2) is 0 Å². The highest BCUT2D eigenvalue weighted by Gasteiger charge is 2.14. The minimum Gasteiger partial charge on any atom is -0.345 e. The van der Waals surface area contributed by atoms with Gasteiger partial charge in [0.1, 0.15) is 0 Å². The molecular formula is C50H42N2. The third-order valence-corrected chi connectivity index (χ3v) is 9.39. The lowest BCUT2D eigenvalue weighted by molar-refractivity contribution is 1.21. The molecule has 7 rings (SSSR count). The van der Waals surface area contributed by atoms with E-state index >= 15 is 0 Å². The number of anilines is 5. The van der Waals surface area contributed by atoms with E-state index in [9.17, 15) is 0 Å². The number of allylic oxidation sites excluding steroid dienone is 5. The second-order valence-electron chi connectivity index (χ2n) is 12.7. The van der Waals surface area contributed by atoms with Crippen LogP contribution in [0.5, 0.6) is 0 Å². The number of hydrogen-bond acceptors (Lipinski definition) is 2. The Morgan fingerprint density at radius 2 is 0.865 bits per heavy atom. The van der Waals surface area contributed by atoms with Crippen LogP contribution in [0.25, 0.3) is 39.0 Å². The van der Waals surface area contributed by atoms with Gasteiger partial charge < -0.3 is 9.80 Å². The molecule has 0 aliphatic rings. The van der Waals surface area contributed by atoms with Crippen molar-refractivity contribution in [1.82, 2.24) is 0 Å². The molecule has 0 bridgehead atoms. The van der Waals surface area contributed by atoms with Gasteiger partial charge in [0.15, 0.2) is 0 Å². The molecule has 0 amide bonds. The third-order valence-electron chi connectivity index (χ3n) is 9.39. The maximum Gasteiger partial charge on any atom is 0.0462 e. The Hall–Kier alpha value is -6.64. The van der Waals surface area contributed by atoms with E-state index in [1.165, 1.54) is 33.4 Å². The molecule has 0 spiro atoms. The number of rotatable bonds is 11. The van der Waals surface area contributed by atoms with Crippen LogP contribution in [0.2, 0.25) is 0 Å². The molecule has 0 radical (unpaired) electrons. The molecule has 7 aromatic rings. The van der Waals surface area contributed by atoms with Crippen LogP contribution in [0.3, 0.4) is 0 Å². The molecule has 0 aliphatic heterocycles. The van der Waals surface area contributed by atoms with Gasteiger partial charge in [-0.15, -0.1) is 0 Å². The van der Waals surface area contributed by atoms with Gasteiger partial charge in [0, 0.05) is 35.5 Å². The molecule has 2 nitrogen and oxygen atoms in total. The van der Waals surface area contributed by atoms with Crippen LogP contribution in [0.1, 0.15) is 12.5 Å². The van der Waals surface area contributed by atoms with E-state index in [2.05, 4.69) is 218 Å². The van der Waals surface area contributed by atoms with E-state index in [0.717, 1.165) is 39.6 Å². The third kappa shape index (κ3) is 7.57. The zero-order valence-corrected chi connectivity index (χ0v) is 29.7. The van der Waals surface area contributed by atoms with E-state index in [-0.39, 0.29) is 0 Å². The highest BCUT2D eigenvalue weighted by Crippen LogP contribution is 2.38. The smallest absolute Gasteiger partial charge is 0.0462 e. The maximum absolute atomic E-state index is 3.91. The molecule has 7 aromatic carbocycles. The number of benzene rings is 7. The van der Waals surface area contributed by atoms with Crippen molar-refractivity contribution >= 4 is 34.0 Å². The van der Waals surface area contributed by atoms with Crippen molar-refractivity contribution in [2.24, 2.45) is 0 Å². The minimum atomic E-state index is 1.09. The van der Waals surface area contributed by atoms with E-state index in [1.54, 1.807) is 0 Å². The zero-order valence-electron chi connectivity index (χ0n) is 29.7. The molecule has 0 heterocycles. The van der Waals surface area contributed by atoms with E-state index in [4.69, 9.17) is 0 Å². The highest BCUT2D eigenvalue weighted by molar-refractivity contribution is 5.82. The van der Waals surface area contributed by atoms with Crippen LogP contribution in [0.4, 0.5) is 28.4 Å². The van der Waals surface area contributed by atoms with E-state index in [0.29, 0.717) is 0 Å². The summed E-state index contributed by atoms with van der Waals surface area (Å²) in [6.45, 7) is 5.94. The van der Waals surface area contributed by atoms with Gasteiger partial charge in [-0.05, 0) is 112 Å². The van der Waals surface area contributed by atoms with Gasteiger partial charge in [0.05, 0.1) is 0 Å². The SMILES string of the molecule is C=C/C=C(\C=C/C)c1ccc(N(c2ccc(-c3ccccc3)cc2)c2ccc(-c3ccc(N(C)c4cccc(-c5ccccc5)c4)cc3)cc2)cc1. The maximum atomic E-state index is 3.91. The van der Waals surface area contributed by atoms with Crippen LogP contribution in [0, 0.1) is 0 Å². The monoisotopic (exact) mass is 670 g/mol. The van der Waals surface area contributed by atoms with Gasteiger partial charge in [0.25, 0.3) is 0 Å². The summed E-state index contributed by atoms with van der Waals surface area (Å²) < 4.78 is 0. The zero-order chi connectivity index (χ0) is 35.7. The summed E-state index contributed by atoms with van der Waals surface area (Å²) in [5.41, 5.74) is 15.0. The van der Waals surface area contributed by atoms with Crippen molar-refractivity contribution in [1.29, 1.82) is 0 Å². The fourth-order valence-corrected chi connectivity index (χ4v) is 6.59. The van der Waals surface area contributed by atoms with Crippen molar-refractivity contribution in [3.05, 3.63) is 218 Å². The Kier molecular flexibility index (Phi) is 10.4. The summed E-state index contributed by atoms with van der Waals surface area (Å²) in [5.74, 6) is 0. The molecule has 0 unspecified atom stereocenters. The van der Waals surface area contributed by atoms with Crippen LogP contribution in [-0.2, 0) is 0 Å². The lowest BCUT2D eigenvalue weighted by atomic mass is 10.0. The summed E-state index contributed by atoms with van der Waals surface area (Å²) in [6, 6.07) is 65.0. The predicted octanol–water partition coefficient (Wildman–Crippen LogP) is 14.1. The topological polar surface area (TPSA) is 6.48 Å². The van der Waals surface area contributed by atoms with Crippen molar-refractivity contribution in [2.75, 3.05) is 16.8 Å². The first-order valence-corrected chi connectivity index (χ1v) is 17.7. The first-order chi connectivity index (χ1) is 25.6. The Morgan fingerprint density at radius 3 is 1.35 bits per heavy atom. The number of nitrogens with zero attached hydrogens (tertiary/aromatic N) is 2. The second kappa shape index (κ2) is 15.9. The first kappa shape index (κ1) is 33.8. The van der Waals surface area contributed by atoms with Crippen molar-refractivity contribution < 1.29 is 0 Å². The van der Waals surface area contributed by atoms with Crippen molar-refractivity contribution in [2.45, 2.75) is 6.92 Å². The van der Waals surface area contributed by atoms with E-state index in [1.807, 2.05) is 19.1 Å². The average molecular weight is 671 g/mol. The van der Waals surface area contributed by atoms with Gasteiger partial charge in [0.2, 0.25) is 0 Å². The molecule has 0 saturated carbocycles. The van der Waals surface area contributed by atoms with Gasteiger partial charge >= 0.3 is 0 Å². The van der Waals surface area contributed by atoms with E-state index < -0.39 is 0 Å². The van der Waals surface area contributed by atoms with Crippen LogP contribution in [0.15, 0.2) is 213 Å². The molecule has 252 valence electrons. The summed E-state index contributed by atoms with van der Waals surface area (Å²) in [4.78, 5) is 4.55. The fourth-order valence-electron chi connectivity index (χ4n) is 6.59. The molecule has 0 aromatic heterocycles. The molecule has 52 heavy (non-hydrogen) atoms. The van der Waals surface area contributed by atoms with Crippen LogP contribution in [-0.4, -0.2) is 7.05 Å². The van der Waals surface area contributed by atoms with Gasteiger partial charge in [-0.1, -0.05) is 152 Å². The molecule has 0 aliphatic carbocycles. The van der Waals surface area contributed by atoms with Crippen molar-refractivity contribution in [3.63, 3.8) is 0 Å². The average Bonchev–Trinajstić information content (AvgIpc) is 3.22. The standard InChI is InChI=1S/C50H42N2/c1-4-13-38(14-5-2)41-23-31-47(32-24-41)52(48-33-25-42(26-34-48)39-15-8-6-9-16-39)49-35-27-44(28-36-49)43-21-29-46(30-22-43)51(3)50-20-12-19-45(37-50)40-17-10-7-11-18-40/h4-37H,1H2,2-3H3/b14-5-,38-13+. The Labute approximate surface area is 308 Å². The summed E-state index contributed by atoms with van der Waals surface area (Å²) in [6.07, 6.45) is 8.05. The molecule has 0 fully saturated rings. The van der Waals surface area contributed by atoms with Crippen LogP contribution >= 0.6 is 0 Å². The predicted molar refractivity (Wildman–Crippen MR) is 225 cm³/mol. The van der Waals surface area contributed by atoms with Crippen molar-refractivity contribution in [3.8, 4) is 33.4 Å². The Morgan fingerprint density at radius 1 is 0.442 bits per heavy atom. The van der Waals surface area contributed by atoms with Gasteiger partial charge in [-0.2, -0.15) is 0 Å². The Balaban J connectivity index is 1.16. The molecule has 0 atom stereocenters. The Bertz CT molecular complexity index is 2280. The van der Waals surface area contributed by atoms with Gasteiger partial charge in [-0.3, -0.25) is 0 Å². The summed E-state index contributed by atoms with van der Waals surface area (Å²) in [7, 11) is 2.12. The molecule has 0 saturated heterocycles. The largest absolute Gasteiger partial charge is 0.345 e. The minimum absolute atomic E-state index is 1.09.